The molecule has 2 nitrogen and oxygen atoms in total. The van der Waals surface area contributed by atoms with Crippen molar-refractivity contribution in [2.24, 2.45) is 0 Å². The van der Waals surface area contributed by atoms with E-state index >= 15 is 0 Å². The van der Waals surface area contributed by atoms with Crippen molar-refractivity contribution in [3.63, 3.8) is 0 Å². The Hall–Kier alpha value is -2.53. The van der Waals surface area contributed by atoms with Crippen LogP contribution in [-0.4, -0.2) is 4.98 Å². The zero-order valence-electron chi connectivity index (χ0n) is 12.9. The standard InChI is InChI=1S/C19H13ClF3NO/c20-18-8-4-7-16(24-18)14-9-10-17(15(11-14)19(21,22)23)25-12-13-5-2-1-3-6-13/h1-11H,12H2. The molecule has 0 saturated heterocycles. The normalized spacial score (nSPS) is 11.4. The monoisotopic (exact) mass is 363 g/mol. The third-order valence-electron chi connectivity index (χ3n) is 3.53. The highest BCUT2D eigenvalue weighted by Crippen LogP contribution is 2.39. The SMILES string of the molecule is FC(F)(F)c1cc(-c2cccc(Cl)n2)ccc1OCc1ccccc1. The zero-order valence-corrected chi connectivity index (χ0v) is 13.7. The Morgan fingerprint density at radius 2 is 1.68 bits per heavy atom. The molecular weight excluding hydrogens is 351 g/mol. The molecule has 0 amide bonds. The molecular formula is C19H13ClF3NO. The maximum Gasteiger partial charge on any atom is 0.419 e. The largest absolute Gasteiger partial charge is 0.488 e. The van der Waals surface area contributed by atoms with Crippen LogP contribution in [-0.2, 0) is 12.8 Å². The lowest BCUT2D eigenvalue weighted by Gasteiger charge is -2.15. The Labute approximate surface area is 147 Å². The van der Waals surface area contributed by atoms with E-state index in [1.54, 1.807) is 42.5 Å². The van der Waals surface area contributed by atoms with Crippen molar-refractivity contribution in [3.8, 4) is 17.0 Å². The molecule has 6 heteroatoms. The van der Waals surface area contributed by atoms with Gasteiger partial charge in [0.2, 0.25) is 0 Å². The van der Waals surface area contributed by atoms with E-state index in [4.69, 9.17) is 16.3 Å². The molecule has 1 aromatic heterocycles. The minimum absolute atomic E-state index is 0.0542. The van der Waals surface area contributed by atoms with Crippen LogP contribution in [0.4, 0.5) is 13.2 Å². The van der Waals surface area contributed by atoms with Crippen molar-refractivity contribution in [1.82, 2.24) is 4.98 Å². The van der Waals surface area contributed by atoms with Gasteiger partial charge in [0.05, 0.1) is 11.3 Å². The van der Waals surface area contributed by atoms with Crippen LogP contribution in [0.2, 0.25) is 5.15 Å². The van der Waals surface area contributed by atoms with E-state index in [-0.39, 0.29) is 17.5 Å². The molecule has 0 fully saturated rings. The number of halogens is 4. The first-order valence-electron chi connectivity index (χ1n) is 7.44. The van der Waals surface area contributed by atoms with Gasteiger partial charge in [-0.3, -0.25) is 0 Å². The topological polar surface area (TPSA) is 22.1 Å². The van der Waals surface area contributed by atoms with Crippen LogP contribution < -0.4 is 4.74 Å². The average Bonchev–Trinajstić information content (AvgIpc) is 2.60. The number of rotatable bonds is 4. The highest BCUT2D eigenvalue weighted by Gasteiger charge is 2.35. The lowest BCUT2D eigenvalue weighted by molar-refractivity contribution is -0.139. The van der Waals surface area contributed by atoms with Gasteiger partial charge in [0, 0.05) is 5.56 Å². The van der Waals surface area contributed by atoms with Crippen molar-refractivity contribution < 1.29 is 17.9 Å². The van der Waals surface area contributed by atoms with Gasteiger partial charge in [-0.05, 0) is 35.9 Å². The van der Waals surface area contributed by atoms with E-state index in [0.717, 1.165) is 11.6 Å². The van der Waals surface area contributed by atoms with Crippen molar-refractivity contribution in [2.75, 3.05) is 0 Å². The fraction of sp³-hybridized carbons (Fsp3) is 0.105. The molecule has 0 radical (unpaired) electrons. The second kappa shape index (κ2) is 7.15. The zero-order chi connectivity index (χ0) is 17.9. The number of nitrogens with zero attached hydrogens (tertiary/aromatic N) is 1. The molecule has 0 bridgehead atoms. The molecule has 0 aliphatic carbocycles. The summed E-state index contributed by atoms with van der Waals surface area (Å²) in [5.41, 5.74) is 0.633. The lowest BCUT2D eigenvalue weighted by Crippen LogP contribution is -2.09. The van der Waals surface area contributed by atoms with Crippen LogP contribution in [0.25, 0.3) is 11.3 Å². The van der Waals surface area contributed by atoms with Crippen LogP contribution in [0.1, 0.15) is 11.1 Å². The van der Waals surface area contributed by atoms with E-state index in [0.29, 0.717) is 11.3 Å². The number of ether oxygens (including phenoxy) is 1. The van der Waals surface area contributed by atoms with Gasteiger partial charge in [0.25, 0.3) is 0 Å². The summed E-state index contributed by atoms with van der Waals surface area (Å²) in [4.78, 5) is 4.05. The molecule has 1 heterocycles. The van der Waals surface area contributed by atoms with Gasteiger partial charge in [-0.1, -0.05) is 48.0 Å². The Morgan fingerprint density at radius 1 is 0.920 bits per heavy atom. The van der Waals surface area contributed by atoms with Crippen LogP contribution in [0.5, 0.6) is 5.75 Å². The Morgan fingerprint density at radius 3 is 2.36 bits per heavy atom. The van der Waals surface area contributed by atoms with E-state index in [2.05, 4.69) is 4.98 Å². The predicted octanol–water partition coefficient (Wildman–Crippen LogP) is 6.00. The fourth-order valence-corrected chi connectivity index (χ4v) is 2.50. The maximum atomic E-state index is 13.4. The summed E-state index contributed by atoms with van der Waals surface area (Å²) < 4.78 is 45.7. The summed E-state index contributed by atoms with van der Waals surface area (Å²) in [7, 11) is 0. The molecule has 128 valence electrons. The molecule has 2 aromatic carbocycles. The van der Waals surface area contributed by atoms with Crippen molar-refractivity contribution in [3.05, 3.63) is 83.0 Å². The van der Waals surface area contributed by atoms with E-state index < -0.39 is 11.7 Å². The van der Waals surface area contributed by atoms with Crippen LogP contribution in [0.15, 0.2) is 66.7 Å². The molecule has 0 saturated carbocycles. The number of hydrogen-bond acceptors (Lipinski definition) is 2. The molecule has 0 spiro atoms. The van der Waals surface area contributed by atoms with E-state index in [1.807, 2.05) is 6.07 Å². The number of alkyl halides is 3. The Balaban J connectivity index is 1.93. The molecule has 3 rings (SSSR count). The average molecular weight is 364 g/mol. The van der Waals surface area contributed by atoms with Crippen molar-refractivity contribution in [2.45, 2.75) is 12.8 Å². The van der Waals surface area contributed by atoms with Crippen LogP contribution in [0, 0.1) is 0 Å². The smallest absolute Gasteiger partial charge is 0.419 e. The molecule has 0 atom stereocenters. The third kappa shape index (κ3) is 4.31. The van der Waals surface area contributed by atoms with Gasteiger partial charge in [0.1, 0.15) is 17.5 Å². The summed E-state index contributed by atoms with van der Waals surface area (Å²) in [5.74, 6) is -0.220. The summed E-state index contributed by atoms with van der Waals surface area (Å²) in [5, 5.41) is 0.218. The molecule has 0 N–H and O–H groups in total. The first-order chi connectivity index (χ1) is 11.9. The Bertz CT molecular complexity index is 866. The van der Waals surface area contributed by atoms with Crippen LogP contribution >= 0.6 is 11.6 Å². The van der Waals surface area contributed by atoms with Gasteiger partial charge in [0.15, 0.2) is 0 Å². The van der Waals surface area contributed by atoms with Gasteiger partial charge < -0.3 is 4.74 Å². The van der Waals surface area contributed by atoms with Crippen molar-refractivity contribution >= 4 is 11.6 Å². The molecule has 0 unspecified atom stereocenters. The van der Waals surface area contributed by atoms with Gasteiger partial charge in [-0.25, -0.2) is 4.98 Å². The van der Waals surface area contributed by atoms with E-state index in [1.165, 1.54) is 12.1 Å². The number of aromatic nitrogens is 1. The summed E-state index contributed by atoms with van der Waals surface area (Å²) in [6, 6.07) is 17.7. The number of benzene rings is 2. The summed E-state index contributed by atoms with van der Waals surface area (Å²) in [6.07, 6.45) is -4.54. The maximum absolute atomic E-state index is 13.4. The molecule has 0 aliphatic rings. The highest BCUT2D eigenvalue weighted by molar-refractivity contribution is 6.29. The number of hydrogen-bond donors (Lipinski definition) is 0. The predicted molar refractivity (Wildman–Crippen MR) is 90.5 cm³/mol. The first-order valence-corrected chi connectivity index (χ1v) is 7.82. The number of pyridine rings is 1. The Kier molecular flexibility index (Phi) is 4.95. The lowest BCUT2D eigenvalue weighted by atomic mass is 10.1. The second-order valence-electron chi connectivity index (χ2n) is 5.33. The van der Waals surface area contributed by atoms with E-state index in [9.17, 15) is 13.2 Å². The molecule has 25 heavy (non-hydrogen) atoms. The molecule has 0 aliphatic heterocycles. The second-order valence-corrected chi connectivity index (χ2v) is 5.72. The fourth-order valence-electron chi connectivity index (χ4n) is 2.34. The quantitative estimate of drug-likeness (QED) is 0.530. The minimum atomic E-state index is -4.54. The van der Waals surface area contributed by atoms with Gasteiger partial charge in [-0.2, -0.15) is 13.2 Å². The highest BCUT2D eigenvalue weighted by atomic mass is 35.5. The van der Waals surface area contributed by atoms with Crippen LogP contribution in [0.3, 0.4) is 0 Å². The summed E-state index contributed by atoms with van der Waals surface area (Å²) >= 11 is 5.82. The molecule has 3 aromatic rings. The van der Waals surface area contributed by atoms with Gasteiger partial charge in [-0.15, -0.1) is 0 Å². The van der Waals surface area contributed by atoms with Crippen molar-refractivity contribution in [1.29, 1.82) is 0 Å². The summed E-state index contributed by atoms with van der Waals surface area (Å²) in [6.45, 7) is 0.0542. The first kappa shape index (κ1) is 17.3. The minimum Gasteiger partial charge on any atom is -0.488 e. The third-order valence-corrected chi connectivity index (χ3v) is 3.74. The van der Waals surface area contributed by atoms with Gasteiger partial charge >= 0.3 is 6.18 Å².